The van der Waals surface area contributed by atoms with Gasteiger partial charge in [-0.05, 0) is 35.9 Å². The first-order valence-electron chi connectivity index (χ1n) is 7.32. The van der Waals surface area contributed by atoms with Crippen LogP contribution in [0.15, 0.2) is 17.5 Å². The van der Waals surface area contributed by atoms with Gasteiger partial charge in [0.15, 0.2) is 0 Å². The Hall–Kier alpha value is -1.62. The van der Waals surface area contributed by atoms with Crippen molar-refractivity contribution in [2.75, 3.05) is 0 Å². The highest BCUT2D eigenvalue weighted by Gasteiger charge is 2.16. The molecule has 0 fully saturated rings. The van der Waals surface area contributed by atoms with Crippen LogP contribution >= 0.6 is 11.3 Å². The SMILES string of the molecule is CCCC(CCC)C(=O)NCc1cc(/C=C/C(=O)O)cs1. The zero-order chi connectivity index (χ0) is 15.7. The predicted molar refractivity (Wildman–Crippen MR) is 86.1 cm³/mol. The summed E-state index contributed by atoms with van der Waals surface area (Å²) in [5, 5.41) is 13.4. The highest BCUT2D eigenvalue weighted by atomic mass is 32.1. The molecule has 0 bridgehead atoms. The Kier molecular flexibility index (Phi) is 7.75. The van der Waals surface area contributed by atoms with Crippen molar-refractivity contribution in [3.8, 4) is 0 Å². The van der Waals surface area contributed by atoms with Crippen LogP contribution < -0.4 is 5.32 Å². The summed E-state index contributed by atoms with van der Waals surface area (Å²) in [5.41, 5.74) is 0.852. The van der Waals surface area contributed by atoms with E-state index in [0.29, 0.717) is 6.54 Å². The summed E-state index contributed by atoms with van der Waals surface area (Å²) in [5.74, 6) is -0.737. The van der Waals surface area contributed by atoms with Crippen molar-refractivity contribution in [2.24, 2.45) is 5.92 Å². The first-order valence-corrected chi connectivity index (χ1v) is 8.20. The standard InChI is InChI=1S/C16H23NO3S/c1-3-5-13(6-4-2)16(20)17-10-14-9-12(11-21-14)7-8-15(18)19/h7-9,11,13H,3-6,10H2,1-2H3,(H,17,20)(H,18,19)/b8-7+. The zero-order valence-corrected chi connectivity index (χ0v) is 13.4. The second-order valence-electron chi connectivity index (χ2n) is 5.01. The third-order valence-corrected chi connectivity index (χ3v) is 4.13. The van der Waals surface area contributed by atoms with Gasteiger partial charge in [0, 0.05) is 16.9 Å². The van der Waals surface area contributed by atoms with Gasteiger partial charge in [-0.2, -0.15) is 0 Å². The minimum Gasteiger partial charge on any atom is -0.478 e. The number of carbonyl (C=O) groups excluding carboxylic acids is 1. The van der Waals surface area contributed by atoms with Gasteiger partial charge in [0.25, 0.3) is 0 Å². The number of hydrogen-bond donors (Lipinski definition) is 2. The van der Waals surface area contributed by atoms with Gasteiger partial charge in [-0.3, -0.25) is 4.79 Å². The molecule has 0 saturated carbocycles. The van der Waals surface area contributed by atoms with Crippen LogP contribution in [0.3, 0.4) is 0 Å². The molecule has 5 heteroatoms. The van der Waals surface area contributed by atoms with Crippen molar-refractivity contribution in [3.63, 3.8) is 0 Å². The fourth-order valence-corrected chi connectivity index (χ4v) is 2.96. The smallest absolute Gasteiger partial charge is 0.328 e. The highest BCUT2D eigenvalue weighted by molar-refractivity contribution is 7.10. The lowest BCUT2D eigenvalue weighted by molar-refractivity contribution is -0.131. The van der Waals surface area contributed by atoms with Gasteiger partial charge < -0.3 is 10.4 Å². The average Bonchev–Trinajstić information content (AvgIpc) is 2.90. The second kappa shape index (κ2) is 9.34. The molecule has 0 spiro atoms. The monoisotopic (exact) mass is 309 g/mol. The number of carboxylic acid groups (broad SMARTS) is 1. The fourth-order valence-electron chi connectivity index (χ4n) is 2.17. The first-order chi connectivity index (χ1) is 10.1. The molecule has 1 aromatic heterocycles. The number of amides is 1. The minimum absolute atomic E-state index is 0.103. The van der Waals surface area contributed by atoms with E-state index in [-0.39, 0.29) is 11.8 Å². The van der Waals surface area contributed by atoms with Crippen molar-refractivity contribution in [2.45, 2.75) is 46.1 Å². The van der Waals surface area contributed by atoms with E-state index in [4.69, 9.17) is 5.11 Å². The third-order valence-electron chi connectivity index (χ3n) is 3.17. The minimum atomic E-state index is -0.960. The predicted octanol–water partition coefficient (Wildman–Crippen LogP) is 3.68. The summed E-state index contributed by atoms with van der Waals surface area (Å²) in [7, 11) is 0. The van der Waals surface area contributed by atoms with E-state index in [9.17, 15) is 9.59 Å². The van der Waals surface area contributed by atoms with Crippen LogP contribution in [0.4, 0.5) is 0 Å². The molecule has 0 aliphatic rings. The topological polar surface area (TPSA) is 66.4 Å². The van der Waals surface area contributed by atoms with Crippen molar-refractivity contribution in [3.05, 3.63) is 28.0 Å². The van der Waals surface area contributed by atoms with E-state index < -0.39 is 5.97 Å². The molecule has 0 aromatic carbocycles. The maximum Gasteiger partial charge on any atom is 0.328 e. The molecule has 1 aromatic rings. The molecule has 0 aliphatic heterocycles. The van der Waals surface area contributed by atoms with E-state index in [1.165, 1.54) is 11.3 Å². The summed E-state index contributed by atoms with van der Waals surface area (Å²) in [4.78, 5) is 23.6. The van der Waals surface area contributed by atoms with Crippen LogP contribution in [0.25, 0.3) is 6.08 Å². The number of aliphatic carboxylic acids is 1. The van der Waals surface area contributed by atoms with Crippen LogP contribution in [0.2, 0.25) is 0 Å². The Morgan fingerprint density at radius 1 is 1.33 bits per heavy atom. The van der Waals surface area contributed by atoms with E-state index in [1.807, 2.05) is 11.4 Å². The van der Waals surface area contributed by atoms with Crippen molar-refractivity contribution in [1.82, 2.24) is 5.32 Å². The molecular weight excluding hydrogens is 286 g/mol. The summed E-state index contributed by atoms with van der Waals surface area (Å²) in [6.45, 7) is 4.70. The molecule has 0 radical (unpaired) electrons. The van der Waals surface area contributed by atoms with Crippen molar-refractivity contribution < 1.29 is 14.7 Å². The van der Waals surface area contributed by atoms with Crippen LogP contribution in [0, 0.1) is 5.92 Å². The third kappa shape index (κ3) is 6.58. The zero-order valence-electron chi connectivity index (χ0n) is 12.6. The molecule has 4 nitrogen and oxygen atoms in total. The normalized spacial score (nSPS) is 11.2. The summed E-state index contributed by atoms with van der Waals surface area (Å²) < 4.78 is 0. The molecule has 116 valence electrons. The average molecular weight is 309 g/mol. The van der Waals surface area contributed by atoms with Gasteiger partial charge in [0.05, 0.1) is 6.54 Å². The van der Waals surface area contributed by atoms with E-state index >= 15 is 0 Å². The number of rotatable bonds is 9. The maximum atomic E-state index is 12.1. The Morgan fingerprint density at radius 3 is 2.57 bits per heavy atom. The van der Waals surface area contributed by atoms with Gasteiger partial charge >= 0.3 is 5.97 Å². The van der Waals surface area contributed by atoms with Gasteiger partial charge in [0.1, 0.15) is 0 Å². The van der Waals surface area contributed by atoms with Gasteiger partial charge in [-0.15, -0.1) is 11.3 Å². The maximum absolute atomic E-state index is 12.1. The van der Waals surface area contributed by atoms with Gasteiger partial charge in [-0.25, -0.2) is 4.79 Å². The summed E-state index contributed by atoms with van der Waals surface area (Å²) in [6, 6.07) is 1.90. The largest absolute Gasteiger partial charge is 0.478 e. The number of nitrogens with one attached hydrogen (secondary N) is 1. The van der Waals surface area contributed by atoms with Crippen molar-refractivity contribution >= 4 is 29.3 Å². The molecular formula is C16H23NO3S. The summed E-state index contributed by atoms with van der Waals surface area (Å²) >= 11 is 1.52. The van der Waals surface area contributed by atoms with Gasteiger partial charge in [-0.1, -0.05) is 26.7 Å². The number of carbonyl (C=O) groups is 2. The number of hydrogen-bond acceptors (Lipinski definition) is 3. The number of thiophene rings is 1. The molecule has 0 atom stereocenters. The Bertz CT molecular complexity index is 487. The highest BCUT2D eigenvalue weighted by Crippen LogP contribution is 2.17. The molecule has 1 rings (SSSR count). The van der Waals surface area contributed by atoms with Crippen molar-refractivity contribution in [1.29, 1.82) is 0 Å². The fraction of sp³-hybridized carbons (Fsp3) is 0.500. The molecule has 1 heterocycles. The lowest BCUT2D eigenvalue weighted by atomic mass is 9.97. The Labute approximate surface area is 129 Å². The van der Waals surface area contributed by atoms with E-state index in [0.717, 1.165) is 42.2 Å². The summed E-state index contributed by atoms with van der Waals surface area (Å²) in [6.07, 6.45) is 6.56. The molecule has 0 aliphatic carbocycles. The van der Waals surface area contributed by atoms with Crippen LogP contribution in [0.5, 0.6) is 0 Å². The molecule has 21 heavy (non-hydrogen) atoms. The lowest BCUT2D eigenvalue weighted by Gasteiger charge is -2.14. The Morgan fingerprint density at radius 2 is 2.00 bits per heavy atom. The quantitative estimate of drug-likeness (QED) is 0.684. The second-order valence-corrected chi connectivity index (χ2v) is 6.01. The molecule has 0 saturated heterocycles. The molecule has 2 N–H and O–H groups in total. The van der Waals surface area contributed by atoms with Crippen LogP contribution in [-0.4, -0.2) is 17.0 Å². The van der Waals surface area contributed by atoms with Crippen LogP contribution in [0.1, 0.15) is 50.0 Å². The molecule has 0 unspecified atom stereocenters. The van der Waals surface area contributed by atoms with E-state index in [1.54, 1.807) is 6.08 Å². The lowest BCUT2D eigenvalue weighted by Crippen LogP contribution is -2.30. The number of carboxylic acids is 1. The van der Waals surface area contributed by atoms with Crippen LogP contribution in [-0.2, 0) is 16.1 Å². The van der Waals surface area contributed by atoms with E-state index in [2.05, 4.69) is 19.2 Å². The van der Waals surface area contributed by atoms with Gasteiger partial charge in [0.2, 0.25) is 5.91 Å². The first kappa shape index (κ1) is 17.4. The molecule has 1 amide bonds. The Balaban J connectivity index is 2.50.